The fourth-order valence-electron chi connectivity index (χ4n) is 1.85. The Balaban J connectivity index is 2.17. The molecule has 0 saturated heterocycles. The van der Waals surface area contributed by atoms with Crippen LogP contribution in [0, 0.1) is 0 Å². The first kappa shape index (κ1) is 15.6. The molecule has 0 aliphatic carbocycles. The molecule has 2 heterocycles. The van der Waals surface area contributed by atoms with E-state index < -0.39 is 11.7 Å². The Morgan fingerprint density at radius 1 is 1.33 bits per heavy atom. The molecule has 0 spiro atoms. The van der Waals surface area contributed by atoms with Crippen LogP contribution in [0.1, 0.15) is 10.4 Å². The molecule has 0 fully saturated rings. The molecule has 0 amide bonds. The van der Waals surface area contributed by atoms with Gasteiger partial charge in [-0.25, -0.2) is 4.98 Å². The highest BCUT2D eigenvalue weighted by Crippen LogP contribution is 2.32. The minimum Gasteiger partial charge on any atom is -0.373 e. The minimum atomic E-state index is -4.38. The molecule has 0 unspecified atom stereocenters. The summed E-state index contributed by atoms with van der Waals surface area (Å²) in [6.45, 7) is 0.609. The van der Waals surface area contributed by atoms with Gasteiger partial charge in [0.05, 0.1) is 5.56 Å². The Kier molecular flexibility index (Phi) is 4.72. The van der Waals surface area contributed by atoms with Crippen molar-refractivity contribution in [2.45, 2.75) is 12.6 Å². The van der Waals surface area contributed by atoms with Crippen LogP contribution in [0.4, 0.5) is 24.8 Å². The van der Waals surface area contributed by atoms with Crippen molar-refractivity contribution in [3.05, 3.63) is 40.1 Å². The summed E-state index contributed by atoms with van der Waals surface area (Å²) < 4.78 is 38.7. The number of nitrogens with one attached hydrogen (secondary N) is 1. The molecule has 0 aliphatic heterocycles. The summed E-state index contributed by atoms with van der Waals surface area (Å²) in [7, 11) is 3.30. The lowest BCUT2D eigenvalue weighted by atomic mass is 10.2. The predicted molar refractivity (Wildman–Crippen MR) is 80.1 cm³/mol. The number of pyridine rings is 1. The summed E-state index contributed by atoms with van der Waals surface area (Å²) in [5.74, 6) is 0.522. The van der Waals surface area contributed by atoms with Crippen molar-refractivity contribution < 1.29 is 13.2 Å². The van der Waals surface area contributed by atoms with Gasteiger partial charge < -0.3 is 10.2 Å². The molecule has 0 radical (unpaired) electrons. The van der Waals surface area contributed by atoms with Crippen molar-refractivity contribution in [3.63, 3.8) is 0 Å². The highest BCUT2D eigenvalue weighted by molar-refractivity contribution is 7.09. The number of hydrogen-bond donors (Lipinski definition) is 1. The van der Waals surface area contributed by atoms with Gasteiger partial charge >= 0.3 is 6.18 Å². The predicted octanol–water partition coefficient (Wildman–Crippen LogP) is 3.88. The molecule has 0 bridgehead atoms. The lowest BCUT2D eigenvalue weighted by Crippen LogP contribution is -2.22. The zero-order chi connectivity index (χ0) is 15.5. The van der Waals surface area contributed by atoms with E-state index in [1.807, 2.05) is 17.5 Å². The number of hydrogen-bond acceptors (Lipinski definition) is 4. The van der Waals surface area contributed by atoms with Crippen molar-refractivity contribution in [2.75, 3.05) is 30.9 Å². The average molecular weight is 315 g/mol. The Bertz CT molecular complexity index is 582. The molecule has 21 heavy (non-hydrogen) atoms. The Morgan fingerprint density at radius 3 is 2.67 bits per heavy atom. The van der Waals surface area contributed by atoms with Crippen LogP contribution >= 0.6 is 11.3 Å². The highest BCUT2D eigenvalue weighted by Gasteiger charge is 2.32. The molecule has 2 rings (SSSR count). The third-order valence-corrected chi connectivity index (χ3v) is 4.00. The van der Waals surface area contributed by atoms with Crippen LogP contribution in [0.25, 0.3) is 0 Å². The molecule has 2 aromatic rings. The van der Waals surface area contributed by atoms with Crippen LogP contribution in [0.3, 0.4) is 0 Å². The van der Waals surface area contributed by atoms with Gasteiger partial charge in [0.1, 0.15) is 11.6 Å². The third-order valence-electron chi connectivity index (χ3n) is 3.06. The maximum atomic E-state index is 12.9. The van der Waals surface area contributed by atoms with Crippen LogP contribution in [0.2, 0.25) is 0 Å². The monoisotopic (exact) mass is 315 g/mol. The molecule has 2 aromatic heterocycles. The van der Waals surface area contributed by atoms with E-state index in [-0.39, 0.29) is 5.82 Å². The van der Waals surface area contributed by atoms with Gasteiger partial charge in [0.25, 0.3) is 0 Å². The first-order valence-electron chi connectivity index (χ1n) is 6.40. The summed E-state index contributed by atoms with van der Waals surface area (Å²) >= 11 is 1.64. The van der Waals surface area contributed by atoms with Crippen molar-refractivity contribution in [1.82, 2.24) is 4.98 Å². The number of likely N-dealkylation sites (N-methyl/N-ethyl adjacent to an activating group) is 1. The SMILES string of the molecule is CNc1cc(C(F)(F)F)cc(N(C)CCc2cccs2)n1. The summed E-state index contributed by atoms with van der Waals surface area (Å²) in [5, 5.41) is 4.65. The maximum absolute atomic E-state index is 12.9. The minimum absolute atomic E-state index is 0.211. The second-order valence-corrected chi connectivity index (χ2v) is 5.63. The van der Waals surface area contributed by atoms with E-state index in [9.17, 15) is 13.2 Å². The Morgan fingerprint density at radius 2 is 2.10 bits per heavy atom. The molecule has 7 heteroatoms. The molecule has 114 valence electrons. The van der Waals surface area contributed by atoms with E-state index >= 15 is 0 Å². The van der Waals surface area contributed by atoms with E-state index in [1.165, 1.54) is 4.88 Å². The smallest absolute Gasteiger partial charge is 0.373 e. The Labute approximate surface area is 125 Å². The fourth-order valence-corrected chi connectivity index (χ4v) is 2.55. The number of alkyl halides is 3. The van der Waals surface area contributed by atoms with Crippen molar-refractivity contribution in [1.29, 1.82) is 0 Å². The van der Waals surface area contributed by atoms with Crippen LogP contribution in [-0.2, 0) is 12.6 Å². The molecule has 0 saturated carbocycles. The highest BCUT2D eigenvalue weighted by atomic mass is 32.1. The van der Waals surface area contributed by atoms with Crippen LogP contribution in [0.15, 0.2) is 29.6 Å². The summed E-state index contributed by atoms with van der Waals surface area (Å²) in [6.07, 6.45) is -3.60. The van der Waals surface area contributed by atoms with E-state index in [0.29, 0.717) is 12.4 Å². The van der Waals surface area contributed by atoms with Crippen molar-refractivity contribution in [3.8, 4) is 0 Å². The zero-order valence-electron chi connectivity index (χ0n) is 11.7. The number of anilines is 2. The second-order valence-electron chi connectivity index (χ2n) is 4.60. The number of nitrogens with zero attached hydrogens (tertiary/aromatic N) is 2. The summed E-state index contributed by atoms with van der Waals surface area (Å²) in [6, 6.07) is 6.06. The normalized spacial score (nSPS) is 11.5. The van der Waals surface area contributed by atoms with E-state index in [2.05, 4.69) is 10.3 Å². The van der Waals surface area contributed by atoms with E-state index in [4.69, 9.17) is 0 Å². The van der Waals surface area contributed by atoms with Gasteiger partial charge in [-0.3, -0.25) is 0 Å². The number of thiophene rings is 1. The van der Waals surface area contributed by atoms with Gasteiger partial charge in [-0.2, -0.15) is 13.2 Å². The van der Waals surface area contributed by atoms with Crippen molar-refractivity contribution in [2.24, 2.45) is 0 Å². The topological polar surface area (TPSA) is 28.2 Å². The third kappa shape index (κ3) is 4.10. The first-order chi connectivity index (χ1) is 9.90. The van der Waals surface area contributed by atoms with Gasteiger partial charge in [-0.15, -0.1) is 11.3 Å². The van der Waals surface area contributed by atoms with Gasteiger partial charge in [-0.1, -0.05) is 6.07 Å². The number of halogens is 3. The van der Waals surface area contributed by atoms with Crippen LogP contribution < -0.4 is 10.2 Å². The molecular weight excluding hydrogens is 299 g/mol. The van der Waals surface area contributed by atoms with Crippen LogP contribution in [-0.4, -0.2) is 25.6 Å². The lowest BCUT2D eigenvalue weighted by Gasteiger charge is -2.20. The van der Waals surface area contributed by atoms with Gasteiger partial charge in [0.2, 0.25) is 0 Å². The number of rotatable bonds is 5. The van der Waals surface area contributed by atoms with E-state index in [1.54, 1.807) is 30.3 Å². The molecule has 1 N–H and O–H groups in total. The van der Waals surface area contributed by atoms with Gasteiger partial charge in [0, 0.05) is 25.5 Å². The lowest BCUT2D eigenvalue weighted by molar-refractivity contribution is -0.137. The zero-order valence-corrected chi connectivity index (χ0v) is 12.6. The van der Waals surface area contributed by atoms with Crippen LogP contribution in [0.5, 0.6) is 0 Å². The molecular formula is C14H16F3N3S. The number of aromatic nitrogens is 1. The molecule has 0 atom stereocenters. The Hall–Kier alpha value is -1.76. The largest absolute Gasteiger partial charge is 0.416 e. The van der Waals surface area contributed by atoms with Crippen molar-refractivity contribution >= 4 is 23.0 Å². The molecule has 0 aliphatic rings. The van der Waals surface area contributed by atoms with Gasteiger partial charge in [-0.05, 0) is 30.0 Å². The quantitative estimate of drug-likeness (QED) is 0.907. The van der Waals surface area contributed by atoms with Gasteiger partial charge in [0.15, 0.2) is 0 Å². The average Bonchev–Trinajstić information content (AvgIpc) is 2.96. The molecule has 3 nitrogen and oxygen atoms in total. The molecule has 0 aromatic carbocycles. The fraction of sp³-hybridized carbons (Fsp3) is 0.357. The summed E-state index contributed by atoms with van der Waals surface area (Å²) in [4.78, 5) is 7.11. The first-order valence-corrected chi connectivity index (χ1v) is 7.28. The second kappa shape index (κ2) is 6.34. The summed E-state index contributed by atoms with van der Waals surface area (Å²) in [5.41, 5.74) is -0.695. The standard InChI is InChI=1S/C14H16F3N3S/c1-18-12-8-10(14(15,16)17)9-13(19-12)20(2)6-5-11-4-3-7-21-11/h3-4,7-9H,5-6H2,1-2H3,(H,18,19). The maximum Gasteiger partial charge on any atom is 0.416 e. The van der Waals surface area contributed by atoms with E-state index in [0.717, 1.165) is 18.6 Å².